The molecule has 0 aliphatic carbocycles. The van der Waals surface area contributed by atoms with E-state index in [-0.39, 0.29) is 12.5 Å². The first kappa shape index (κ1) is 77.7. The minimum Gasteiger partial charge on any atom is -0.756 e. The summed E-state index contributed by atoms with van der Waals surface area (Å²) in [6.07, 6.45) is 87.0. The van der Waals surface area contributed by atoms with Crippen LogP contribution < -0.4 is 10.2 Å². The van der Waals surface area contributed by atoms with Crippen molar-refractivity contribution in [1.82, 2.24) is 5.32 Å². The molecular weight excluding hydrogens is 1010 g/mol. The molecular formula is C71H131N2O6P. The molecule has 80 heavy (non-hydrogen) atoms. The van der Waals surface area contributed by atoms with Gasteiger partial charge in [-0.15, -0.1) is 0 Å². The Balaban J connectivity index is 4.13. The fraction of sp³-hybridized carbons (Fsp3) is 0.789. The molecule has 0 bridgehead atoms. The van der Waals surface area contributed by atoms with E-state index in [2.05, 4.69) is 92.1 Å². The molecule has 8 nitrogen and oxygen atoms in total. The lowest BCUT2D eigenvalue weighted by atomic mass is 10.0. The smallest absolute Gasteiger partial charge is 0.268 e. The van der Waals surface area contributed by atoms with E-state index in [1.165, 1.54) is 218 Å². The number of aliphatic hydroxyl groups excluding tert-OH is 1. The van der Waals surface area contributed by atoms with Crippen molar-refractivity contribution in [2.45, 2.75) is 321 Å². The molecule has 0 aliphatic rings. The third-order valence-electron chi connectivity index (χ3n) is 15.1. The standard InChI is InChI=1S/C71H131N2O6P/c1-6-8-10-12-14-16-18-20-22-24-26-28-30-32-34-35-36-37-39-41-43-45-47-49-51-53-55-57-59-61-63-65-71(75)72-69(68-79-80(76,77)78-67-66-73(3,4)5)70(74)64-62-60-58-56-54-52-50-48-46-44-42-40-38-33-31-29-27-25-23-21-19-17-15-13-11-9-7-2/h8,10,14,16,20,22,26,28,32,34,54,56,62,64,69-70,74H,6-7,9,11-13,15,17-19,21,23-25,27,29-31,33,35-53,55,57-61,63,65-68H2,1-5H3,(H-,72,75,76,77)/b10-8-,16-14-,22-20-,28-26-,34-32-,56-54+,64-62+. The number of quaternary nitrogens is 1. The second-order valence-corrected chi connectivity index (χ2v) is 25.6. The lowest BCUT2D eigenvalue weighted by molar-refractivity contribution is -0.870. The number of unbranched alkanes of at least 4 members (excludes halogenated alkanes) is 37. The van der Waals surface area contributed by atoms with Crippen molar-refractivity contribution in [2.24, 2.45) is 0 Å². The number of hydrogen-bond acceptors (Lipinski definition) is 6. The normalized spacial score (nSPS) is 14.2. The summed E-state index contributed by atoms with van der Waals surface area (Å²) in [6.45, 7) is 4.55. The van der Waals surface area contributed by atoms with E-state index in [0.717, 1.165) is 70.6 Å². The number of aliphatic hydroxyl groups is 1. The van der Waals surface area contributed by atoms with Crippen LogP contribution in [-0.2, 0) is 18.4 Å². The predicted octanol–water partition coefficient (Wildman–Crippen LogP) is 20.9. The molecule has 2 N–H and O–H groups in total. The number of likely N-dealkylation sites (N-methyl/N-ethyl adjacent to an activating group) is 1. The number of allylic oxidation sites excluding steroid dienone is 13. The summed E-state index contributed by atoms with van der Waals surface area (Å²) in [5, 5.41) is 13.9. The lowest BCUT2D eigenvalue weighted by Crippen LogP contribution is -2.45. The number of nitrogens with zero attached hydrogens (tertiary/aromatic N) is 1. The highest BCUT2D eigenvalue weighted by Crippen LogP contribution is 2.38. The first-order valence-corrected chi connectivity index (χ1v) is 35.4. The third-order valence-corrected chi connectivity index (χ3v) is 16.1. The number of hydrogen-bond donors (Lipinski definition) is 2. The van der Waals surface area contributed by atoms with E-state index in [0.29, 0.717) is 17.4 Å². The van der Waals surface area contributed by atoms with Crippen LogP contribution in [0.25, 0.3) is 0 Å². The molecule has 0 aromatic carbocycles. The van der Waals surface area contributed by atoms with Gasteiger partial charge in [0.2, 0.25) is 5.91 Å². The molecule has 1 amide bonds. The molecule has 0 heterocycles. The molecule has 466 valence electrons. The van der Waals surface area contributed by atoms with Crippen molar-refractivity contribution in [2.75, 3.05) is 40.9 Å². The van der Waals surface area contributed by atoms with Crippen LogP contribution >= 0.6 is 7.82 Å². The molecule has 3 atom stereocenters. The summed E-state index contributed by atoms with van der Waals surface area (Å²) in [7, 11) is 1.25. The minimum absolute atomic E-state index is 0.00838. The van der Waals surface area contributed by atoms with Gasteiger partial charge < -0.3 is 28.8 Å². The molecule has 0 fully saturated rings. The average molecular weight is 1140 g/mol. The van der Waals surface area contributed by atoms with E-state index in [1.807, 2.05) is 27.2 Å². The number of nitrogens with one attached hydrogen (secondary N) is 1. The minimum atomic E-state index is -4.61. The molecule has 0 spiro atoms. The Morgan fingerprint density at radius 3 is 1.16 bits per heavy atom. The summed E-state index contributed by atoms with van der Waals surface area (Å²) in [4.78, 5) is 25.6. The summed E-state index contributed by atoms with van der Waals surface area (Å²) >= 11 is 0. The number of phosphoric ester groups is 1. The van der Waals surface area contributed by atoms with Crippen molar-refractivity contribution in [3.05, 3.63) is 85.1 Å². The zero-order valence-corrected chi connectivity index (χ0v) is 54.2. The van der Waals surface area contributed by atoms with Crippen LogP contribution in [0.5, 0.6) is 0 Å². The monoisotopic (exact) mass is 1140 g/mol. The molecule has 9 heteroatoms. The first-order chi connectivity index (χ1) is 39.0. The highest BCUT2D eigenvalue weighted by molar-refractivity contribution is 7.45. The van der Waals surface area contributed by atoms with Crippen molar-refractivity contribution < 1.29 is 32.9 Å². The van der Waals surface area contributed by atoms with Crippen LogP contribution in [-0.4, -0.2) is 68.5 Å². The maximum atomic E-state index is 13.0. The van der Waals surface area contributed by atoms with E-state index in [9.17, 15) is 19.4 Å². The number of carbonyl (C=O) groups is 1. The van der Waals surface area contributed by atoms with Gasteiger partial charge in [-0.3, -0.25) is 9.36 Å². The Morgan fingerprint density at radius 2 is 0.775 bits per heavy atom. The number of amides is 1. The molecule has 3 unspecified atom stereocenters. The molecule has 0 aromatic rings. The Bertz CT molecular complexity index is 1580. The maximum absolute atomic E-state index is 13.0. The summed E-state index contributed by atoms with van der Waals surface area (Å²) in [6, 6.07) is -0.909. The molecule has 0 saturated heterocycles. The van der Waals surface area contributed by atoms with Crippen molar-refractivity contribution >= 4 is 13.7 Å². The fourth-order valence-electron chi connectivity index (χ4n) is 9.85. The topological polar surface area (TPSA) is 108 Å². The fourth-order valence-corrected chi connectivity index (χ4v) is 10.6. The van der Waals surface area contributed by atoms with Crippen molar-refractivity contribution in [3.63, 3.8) is 0 Å². The summed E-state index contributed by atoms with van der Waals surface area (Å²) < 4.78 is 23.4. The largest absolute Gasteiger partial charge is 0.756 e. The second-order valence-electron chi connectivity index (χ2n) is 24.1. The van der Waals surface area contributed by atoms with Gasteiger partial charge >= 0.3 is 0 Å². The van der Waals surface area contributed by atoms with Gasteiger partial charge in [0.15, 0.2) is 0 Å². The number of rotatable bonds is 62. The van der Waals surface area contributed by atoms with Crippen molar-refractivity contribution in [1.29, 1.82) is 0 Å². The third kappa shape index (κ3) is 63.3. The SMILES string of the molecule is CC/C=C\C/C=C\C/C=C\C/C=C\C/C=C\CCCCCCCCCCCCCCCCCC(=O)NC(COP(=O)([O-])OCC[N+](C)(C)C)C(O)/C=C/CC/C=C/CCCCCCCCCCCCCCCCCCCCCCC. The number of phosphoric acid groups is 1. The van der Waals surface area contributed by atoms with Gasteiger partial charge in [-0.25, -0.2) is 0 Å². The van der Waals surface area contributed by atoms with Gasteiger partial charge in [0, 0.05) is 6.42 Å². The van der Waals surface area contributed by atoms with E-state index >= 15 is 0 Å². The van der Waals surface area contributed by atoms with Crippen LogP contribution in [0, 0.1) is 0 Å². The highest BCUT2D eigenvalue weighted by atomic mass is 31.2. The zero-order valence-electron chi connectivity index (χ0n) is 53.3. The van der Waals surface area contributed by atoms with Gasteiger partial charge in [0.25, 0.3) is 7.82 Å². The van der Waals surface area contributed by atoms with Gasteiger partial charge in [0.1, 0.15) is 13.2 Å². The first-order valence-electron chi connectivity index (χ1n) is 33.9. The summed E-state index contributed by atoms with van der Waals surface area (Å²) in [5.41, 5.74) is 0. The molecule has 0 rings (SSSR count). The molecule has 0 aliphatic heterocycles. The van der Waals surface area contributed by atoms with Gasteiger partial charge in [-0.1, -0.05) is 311 Å². The van der Waals surface area contributed by atoms with Crippen molar-refractivity contribution in [3.8, 4) is 0 Å². The van der Waals surface area contributed by atoms with Gasteiger partial charge in [-0.2, -0.15) is 0 Å². The Hall–Kier alpha value is -2.32. The lowest BCUT2D eigenvalue weighted by Gasteiger charge is -2.29. The maximum Gasteiger partial charge on any atom is 0.268 e. The van der Waals surface area contributed by atoms with Crippen LogP contribution in [0.1, 0.15) is 309 Å². The van der Waals surface area contributed by atoms with Gasteiger partial charge in [-0.05, 0) is 77.0 Å². The quantitative estimate of drug-likeness (QED) is 0.0272. The Kier molecular flexibility index (Phi) is 59.5. The zero-order chi connectivity index (χ0) is 58.4. The van der Waals surface area contributed by atoms with Crippen LogP contribution in [0.2, 0.25) is 0 Å². The molecule has 0 aromatic heterocycles. The van der Waals surface area contributed by atoms with E-state index < -0.39 is 26.6 Å². The number of carbonyl (C=O) groups excluding carboxylic acids is 1. The van der Waals surface area contributed by atoms with E-state index in [4.69, 9.17) is 9.05 Å². The second kappa shape index (κ2) is 61.2. The predicted molar refractivity (Wildman–Crippen MR) is 348 cm³/mol. The highest BCUT2D eigenvalue weighted by Gasteiger charge is 2.23. The summed E-state index contributed by atoms with van der Waals surface area (Å²) in [5.74, 6) is -0.206. The Morgan fingerprint density at radius 1 is 0.450 bits per heavy atom. The van der Waals surface area contributed by atoms with Crippen LogP contribution in [0.15, 0.2) is 85.1 Å². The van der Waals surface area contributed by atoms with Gasteiger partial charge in [0.05, 0.1) is 39.9 Å². The molecule has 0 radical (unpaired) electrons. The molecule has 0 saturated carbocycles. The average Bonchev–Trinajstić information content (AvgIpc) is 3.42. The van der Waals surface area contributed by atoms with E-state index in [1.54, 1.807) is 6.08 Å². The van der Waals surface area contributed by atoms with Crippen LogP contribution in [0.4, 0.5) is 0 Å². The van der Waals surface area contributed by atoms with Crippen LogP contribution in [0.3, 0.4) is 0 Å². The Labute approximate surface area is 497 Å².